The van der Waals surface area contributed by atoms with Crippen molar-refractivity contribution in [3.8, 4) is 0 Å². The van der Waals surface area contributed by atoms with Crippen LogP contribution in [0.5, 0.6) is 0 Å². The van der Waals surface area contributed by atoms with E-state index in [1.807, 2.05) is 13.8 Å². The molecule has 7 heteroatoms. The maximum Gasteiger partial charge on any atom is 0.129 e. The largest absolute Gasteiger partial charge is 0.271 e. The van der Waals surface area contributed by atoms with Gasteiger partial charge in [0.25, 0.3) is 0 Å². The van der Waals surface area contributed by atoms with Crippen molar-refractivity contribution in [1.82, 2.24) is 15.0 Å². The highest BCUT2D eigenvalue weighted by atomic mass is 32.1. The average molecular weight is 298 g/mol. The summed E-state index contributed by atoms with van der Waals surface area (Å²) in [6.45, 7) is 4.01. The van der Waals surface area contributed by atoms with Crippen LogP contribution < -0.4 is 11.3 Å². The van der Waals surface area contributed by atoms with Crippen molar-refractivity contribution in [1.29, 1.82) is 0 Å². The number of hydrogen-bond acceptors (Lipinski definition) is 5. The van der Waals surface area contributed by atoms with E-state index in [4.69, 9.17) is 5.84 Å². The minimum absolute atomic E-state index is 0.206. The topological polar surface area (TPSA) is 63.8 Å². The van der Waals surface area contributed by atoms with E-state index >= 15 is 0 Å². The Hall–Kier alpha value is -1.44. The zero-order valence-electron chi connectivity index (χ0n) is 11.2. The summed E-state index contributed by atoms with van der Waals surface area (Å²) in [5, 5.41) is 4.08. The van der Waals surface area contributed by atoms with Gasteiger partial charge in [-0.3, -0.25) is 11.3 Å². The van der Waals surface area contributed by atoms with Crippen molar-refractivity contribution in [3.05, 3.63) is 46.0 Å². The SMILES string of the molecule is CC(C)c1nnsc1C(Cc1ccc(F)cc1F)NN. The molecule has 4 nitrogen and oxygen atoms in total. The Labute approximate surface area is 120 Å². The number of benzene rings is 1. The van der Waals surface area contributed by atoms with Crippen LogP contribution in [-0.2, 0) is 6.42 Å². The summed E-state index contributed by atoms with van der Waals surface area (Å²) in [5.41, 5.74) is 3.91. The van der Waals surface area contributed by atoms with Crippen LogP contribution in [0.2, 0.25) is 0 Å². The van der Waals surface area contributed by atoms with Gasteiger partial charge in [0.15, 0.2) is 0 Å². The van der Waals surface area contributed by atoms with Crippen LogP contribution >= 0.6 is 11.5 Å². The minimum atomic E-state index is -0.592. The number of halogens is 2. The standard InChI is InChI=1S/C13H16F2N4S/c1-7(2)12-13(20-19-18-12)11(17-16)5-8-3-4-9(14)6-10(8)15/h3-4,6-7,11,17H,5,16H2,1-2H3. The highest BCUT2D eigenvalue weighted by Crippen LogP contribution is 2.28. The number of hydrogen-bond donors (Lipinski definition) is 2. The van der Waals surface area contributed by atoms with Crippen LogP contribution in [0.3, 0.4) is 0 Å². The second-order valence-corrected chi connectivity index (χ2v) is 5.62. The predicted octanol–water partition coefficient (Wildman–Crippen LogP) is 2.69. The third-order valence-electron chi connectivity index (χ3n) is 3.04. The van der Waals surface area contributed by atoms with Gasteiger partial charge in [0.2, 0.25) is 0 Å². The van der Waals surface area contributed by atoms with Crippen LogP contribution in [0.1, 0.15) is 41.9 Å². The predicted molar refractivity (Wildman–Crippen MR) is 74.1 cm³/mol. The smallest absolute Gasteiger partial charge is 0.129 e. The van der Waals surface area contributed by atoms with E-state index in [0.717, 1.165) is 16.6 Å². The highest BCUT2D eigenvalue weighted by molar-refractivity contribution is 7.05. The number of rotatable bonds is 5. The minimum Gasteiger partial charge on any atom is -0.271 e. The summed E-state index contributed by atoms with van der Waals surface area (Å²) in [7, 11) is 0. The summed E-state index contributed by atoms with van der Waals surface area (Å²) in [6.07, 6.45) is 0.312. The molecule has 108 valence electrons. The summed E-state index contributed by atoms with van der Waals surface area (Å²) >= 11 is 1.24. The van der Waals surface area contributed by atoms with Crippen molar-refractivity contribution in [3.63, 3.8) is 0 Å². The second-order valence-electron chi connectivity index (χ2n) is 4.84. The Kier molecular flexibility index (Phi) is 4.74. The fourth-order valence-corrected chi connectivity index (χ4v) is 2.85. The lowest BCUT2D eigenvalue weighted by atomic mass is 10.0. The molecule has 0 saturated carbocycles. The molecule has 1 heterocycles. The average Bonchev–Trinajstić information content (AvgIpc) is 2.87. The molecule has 0 fully saturated rings. The molecule has 2 rings (SSSR count). The molecule has 0 saturated heterocycles. The quantitative estimate of drug-likeness (QED) is 0.658. The summed E-state index contributed by atoms with van der Waals surface area (Å²) in [6, 6.07) is 3.24. The number of aromatic nitrogens is 2. The normalized spacial score (nSPS) is 12.9. The van der Waals surface area contributed by atoms with Gasteiger partial charge in [-0.05, 0) is 35.5 Å². The molecule has 1 aromatic heterocycles. The Morgan fingerprint density at radius 2 is 2.10 bits per heavy atom. The van der Waals surface area contributed by atoms with E-state index in [1.54, 1.807) is 0 Å². The first kappa shape index (κ1) is 15.0. The summed E-state index contributed by atoms with van der Waals surface area (Å²) in [5.74, 6) is 4.60. The second kappa shape index (κ2) is 6.34. The first-order valence-electron chi connectivity index (χ1n) is 6.25. The zero-order valence-corrected chi connectivity index (χ0v) is 12.0. The number of nitrogens with two attached hydrogens (primary N) is 1. The number of nitrogens with one attached hydrogen (secondary N) is 1. The monoisotopic (exact) mass is 298 g/mol. The molecular formula is C13H16F2N4S. The highest BCUT2D eigenvalue weighted by Gasteiger charge is 2.21. The molecule has 20 heavy (non-hydrogen) atoms. The van der Waals surface area contributed by atoms with Crippen LogP contribution in [0.25, 0.3) is 0 Å². The molecule has 1 unspecified atom stereocenters. The molecule has 0 bridgehead atoms. The summed E-state index contributed by atoms with van der Waals surface area (Å²) in [4.78, 5) is 0.881. The van der Waals surface area contributed by atoms with Gasteiger partial charge in [-0.1, -0.05) is 24.4 Å². The van der Waals surface area contributed by atoms with Crippen molar-refractivity contribution < 1.29 is 8.78 Å². The third kappa shape index (κ3) is 3.17. The molecule has 3 N–H and O–H groups in total. The maximum atomic E-state index is 13.7. The lowest BCUT2D eigenvalue weighted by Gasteiger charge is -2.16. The maximum absolute atomic E-state index is 13.7. The van der Waals surface area contributed by atoms with Crippen molar-refractivity contribution in [2.75, 3.05) is 0 Å². The Balaban J connectivity index is 2.26. The molecule has 2 aromatic rings. The van der Waals surface area contributed by atoms with Gasteiger partial charge < -0.3 is 0 Å². The Morgan fingerprint density at radius 3 is 2.70 bits per heavy atom. The van der Waals surface area contributed by atoms with E-state index in [1.165, 1.54) is 23.7 Å². The third-order valence-corrected chi connectivity index (χ3v) is 3.90. The lowest BCUT2D eigenvalue weighted by Crippen LogP contribution is -2.30. The molecule has 0 amide bonds. The van der Waals surface area contributed by atoms with Gasteiger partial charge >= 0.3 is 0 Å². The van der Waals surface area contributed by atoms with Crippen LogP contribution in [0.4, 0.5) is 8.78 Å². The van der Waals surface area contributed by atoms with Gasteiger partial charge in [-0.2, -0.15) is 0 Å². The van der Waals surface area contributed by atoms with Crippen molar-refractivity contribution in [2.45, 2.75) is 32.2 Å². The van der Waals surface area contributed by atoms with Crippen LogP contribution in [-0.4, -0.2) is 9.59 Å². The van der Waals surface area contributed by atoms with Gasteiger partial charge in [0.1, 0.15) is 11.6 Å². The van der Waals surface area contributed by atoms with E-state index < -0.39 is 11.6 Å². The van der Waals surface area contributed by atoms with Gasteiger partial charge in [-0.25, -0.2) is 8.78 Å². The molecule has 1 atom stereocenters. The fraction of sp³-hybridized carbons (Fsp3) is 0.385. The molecule has 0 radical (unpaired) electrons. The van der Waals surface area contributed by atoms with E-state index in [2.05, 4.69) is 15.0 Å². The summed E-state index contributed by atoms with van der Waals surface area (Å²) < 4.78 is 30.6. The molecule has 0 aliphatic carbocycles. The first-order valence-corrected chi connectivity index (χ1v) is 7.02. The van der Waals surface area contributed by atoms with Crippen LogP contribution in [0, 0.1) is 11.6 Å². The molecule has 0 spiro atoms. The van der Waals surface area contributed by atoms with Crippen molar-refractivity contribution in [2.24, 2.45) is 5.84 Å². The van der Waals surface area contributed by atoms with E-state index in [0.29, 0.717) is 12.0 Å². The van der Waals surface area contributed by atoms with Gasteiger partial charge in [0, 0.05) is 6.07 Å². The Morgan fingerprint density at radius 1 is 1.35 bits per heavy atom. The Bertz CT molecular complexity index is 586. The molecular weight excluding hydrogens is 282 g/mol. The lowest BCUT2D eigenvalue weighted by molar-refractivity contribution is 0.522. The van der Waals surface area contributed by atoms with Crippen LogP contribution in [0.15, 0.2) is 18.2 Å². The number of hydrazine groups is 1. The van der Waals surface area contributed by atoms with Gasteiger partial charge in [-0.15, -0.1) is 5.10 Å². The van der Waals surface area contributed by atoms with Crippen molar-refractivity contribution >= 4 is 11.5 Å². The van der Waals surface area contributed by atoms with E-state index in [9.17, 15) is 8.78 Å². The fourth-order valence-electron chi connectivity index (χ4n) is 1.98. The zero-order chi connectivity index (χ0) is 14.7. The molecule has 0 aliphatic rings. The molecule has 0 aliphatic heterocycles. The van der Waals surface area contributed by atoms with Gasteiger partial charge in [0.05, 0.1) is 16.6 Å². The number of nitrogens with zero attached hydrogens (tertiary/aromatic N) is 2. The van der Waals surface area contributed by atoms with E-state index in [-0.39, 0.29) is 12.0 Å². The molecule has 1 aromatic carbocycles. The first-order chi connectivity index (χ1) is 9.52.